The van der Waals surface area contributed by atoms with Crippen molar-refractivity contribution in [1.82, 2.24) is 15.5 Å². The van der Waals surface area contributed by atoms with Crippen LogP contribution < -0.4 is 16.8 Å². The van der Waals surface area contributed by atoms with Gasteiger partial charge >= 0.3 is 0 Å². The van der Waals surface area contributed by atoms with Crippen LogP contribution in [0.25, 0.3) is 0 Å². The van der Waals surface area contributed by atoms with E-state index in [1.807, 2.05) is 38.1 Å². The van der Waals surface area contributed by atoms with E-state index in [1.165, 1.54) is 6.92 Å². The van der Waals surface area contributed by atoms with Crippen LogP contribution in [-0.2, 0) is 28.0 Å². The van der Waals surface area contributed by atoms with Crippen LogP contribution in [0.3, 0.4) is 0 Å². The van der Waals surface area contributed by atoms with Gasteiger partial charge in [-0.2, -0.15) is 0 Å². The number of rotatable bonds is 7. The fraction of sp³-hybridized carbons (Fsp3) is 0.474. The first-order valence-corrected chi connectivity index (χ1v) is 8.92. The van der Waals surface area contributed by atoms with E-state index in [0.717, 1.165) is 11.1 Å². The molecule has 2 aromatic rings. The Labute approximate surface area is 159 Å². The summed E-state index contributed by atoms with van der Waals surface area (Å²) >= 11 is 0. The van der Waals surface area contributed by atoms with Crippen molar-refractivity contribution in [2.75, 3.05) is 0 Å². The van der Waals surface area contributed by atoms with Gasteiger partial charge in [-0.05, 0) is 25.0 Å². The van der Waals surface area contributed by atoms with Gasteiger partial charge in [0.15, 0.2) is 0 Å². The number of nitrogens with two attached hydrogens (primary N) is 2. The lowest BCUT2D eigenvalue weighted by Crippen LogP contribution is -2.35. The number of hydrogen-bond acceptors (Lipinski definition) is 6. The number of benzene rings is 1. The molecule has 1 aromatic heterocycles. The maximum Gasteiger partial charge on any atom is 0.239 e. The number of primary amides is 1. The van der Waals surface area contributed by atoms with Gasteiger partial charge in [-0.25, -0.2) is 0 Å². The lowest BCUT2D eigenvalue weighted by Gasteiger charge is -2.16. The number of carbonyl (C=O) groups excluding carboxylic acids is 2. The fourth-order valence-corrected chi connectivity index (χ4v) is 2.30. The Balaban J connectivity index is 0.00000176. The number of nitrogens with one attached hydrogen (secondary N) is 1. The zero-order valence-electron chi connectivity index (χ0n) is 16.6. The summed E-state index contributed by atoms with van der Waals surface area (Å²) in [4.78, 5) is 23.1. The molecule has 0 spiro atoms. The molecule has 2 amide bonds. The number of carbonyl (C=O) groups is 2. The first-order valence-electron chi connectivity index (χ1n) is 8.92. The van der Waals surface area contributed by atoms with E-state index < -0.39 is 17.4 Å². The number of nitrogens with zero attached hydrogens (tertiary/aromatic N) is 2. The Kier molecular flexibility index (Phi) is 8.11. The minimum absolute atomic E-state index is 0.112. The second-order valence-corrected chi connectivity index (χ2v) is 6.42. The molecule has 1 aromatic carbocycles. The molecule has 5 N–H and O–H groups in total. The summed E-state index contributed by atoms with van der Waals surface area (Å²) in [5.74, 6) is -0.470. The van der Waals surface area contributed by atoms with Gasteiger partial charge in [0.25, 0.3) is 0 Å². The highest BCUT2D eigenvalue weighted by molar-refractivity contribution is 5.84. The highest BCUT2D eigenvalue weighted by Crippen LogP contribution is 2.25. The molecule has 2 rings (SSSR count). The molecule has 8 heteroatoms. The van der Waals surface area contributed by atoms with E-state index in [-0.39, 0.29) is 17.7 Å². The lowest BCUT2D eigenvalue weighted by atomic mass is 9.93. The largest absolute Gasteiger partial charge is 0.422 e. The number of hydrogen-bond donors (Lipinski definition) is 3. The van der Waals surface area contributed by atoms with E-state index in [4.69, 9.17) is 15.9 Å². The van der Waals surface area contributed by atoms with Gasteiger partial charge in [0.2, 0.25) is 23.6 Å². The molecule has 0 aliphatic rings. The van der Waals surface area contributed by atoms with E-state index in [2.05, 4.69) is 15.5 Å². The van der Waals surface area contributed by atoms with Crippen LogP contribution in [0.5, 0.6) is 0 Å². The summed E-state index contributed by atoms with van der Waals surface area (Å²) in [5, 5.41) is 10.7. The smallest absolute Gasteiger partial charge is 0.239 e. The highest BCUT2D eigenvalue weighted by atomic mass is 16.4. The quantitative estimate of drug-likeness (QED) is 0.674. The zero-order valence-corrected chi connectivity index (χ0v) is 16.6. The minimum Gasteiger partial charge on any atom is -0.422 e. The van der Waals surface area contributed by atoms with Crippen molar-refractivity contribution < 1.29 is 14.0 Å². The minimum atomic E-state index is -1.09. The molecule has 27 heavy (non-hydrogen) atoms. The Hall–Kier alpha value is -2.74. The predicted molar refractivity (Wildman–Crippen MR) is 102 cm³/mol. The molecule has 8 nitrogen and oxygen atoms in total. The van der Waals surface area contributed by atoms with Gasteiger partial charge in [-0.1, -0.05) is 38.1 Å². The summed E-state index contributed by atoms with van der Waals surface area (Å²) in [5.41, 5.74) is 11.9. The summed E-state index contributed by atoms with van der Waals surface area (Å²) in [6.07, 6.45) is 0.450. The van der Waals surface area contributed by atoms with Crippen molar-refractivity contribution >= 4 is 11.8 Å². The SMILES string of the molecule is CC.CC(=O)NC(Cc1cccc(CN)c1)c1nnc(C(C)(C)C(N)=O)o1. The molecule has 0 saturated heterocycles. The van der Waals surface area contributed by atoms with Crippen LogP contribution >= 0.6 is 0 Å². The van der Waals surface area contributed by atoms with Crippen molar-refractivity contribution in [3.8, 4) is 0 Å². The maximum atomic E-state index is 11.6. The topological polar surface area (TPSA) is 137 Å². The second-order valence-electron chi connectivity index (χ2n) is 6.42. The molecule has 148 valence electrons. The summed E-state index contributed by atoms with van der Waals surface area (Å²) in [6.45, 7) is 9.04. The molecular weight excluding hydrogens is 346 g/mol. The molecule has 0 radical (unpaired) electrons. The standard InChI is InChI=1S/C17H23N5O3.C2H6/c1-10(23)20-13(8-11-5-4-6-12(7-11)9-18)14-21-22-16(25-14)17(2,3)15(19)24;1-2/h4-7,13H,8-9,18H2,1-3H3,(H2,19,24)(H,20,23);1-2H3. The van der Waals surface area contributed by atoms with Crippen LogP contribution in [0.4, 0.5) is 0 Å². The predicted octanol–water partition coefficient (Wildman–Crippen LogP) is 1.74. The highest BCUT2D eigenvalue weighted by Gasteiger charge is 2.34. The normalized spacial score (nSPS) is 11.9. The molecule has 0 aliphatic carbocycles. The van der Waals surface area contributed by atoms with Gasteiger partial charge in [0.05, 0.1) is 0 Å². The third-order valence-electron chi connectivity index (χ3n) is 3.93. The van der Waals surface area contributed by atoms with E-state index in [9.17, 15) is 9.59 Å². The van der Waals surface area contributed by atoms with Crippen LogP contribution in [0, 0.1) is 0 Å². The summed E-state index contributed by atoms with van der Waals surface area (Å²) in [6, 6.07) is 7.20. The van der Waals surface area contributed by atoms with Crippen molar-refractivity contribution in [1.29, 1.82) is 0 Å². The van der Waals surface area contributed by atoms with Gasteiger partial charge in [0.1, 0.15) is 11.5 Å². The Bertz CT molecular complexity index is 770. The third-order valence-corrected chi connectivity index (χ3v) is 3.93. The Morgan fingerprint density at radius 3 is 2.41 bits per heavy atom. The average Bonchev–Trinajstić information content (AvgIpc) is 3.13. The zero-order chi connectivity index (χ0) is 20.6. The van der Waals surface area contributed by atoms with Crippen molar-refractivity contribution in [2.45, 2.75) is 59.0 Å². The molecule has 0 bridgehead atoms. The van der Waals surface area contributed by atoms with Crippen LogP contribution in [0.15, 0.2) is 28.7 Å². The lowest BCUT2D eigenvalue weighted by molar-refractivity contribution is -0.123. The molecule has 1 unspecified atom stereocenters. The van der Waals surface area contributed by atoms with Gasteiger partial charge in [-0.3, -0.25) is 9.59 Å². The van der Waals surface area contributed by atoms with Crippen LogP contribution in [-0.4, -0.2) is 22.0 Å². The molecule has 1 atom stereocenters. The van der Waals surface area contributed by atoms with E-state index in [1.54, 1.807) is 13.8 Å². The maximum absolute atomic E-state index is 11.6. The summed E-state index contributed by atoms with van der Waals surface area (Å²) < 4.78 is 5.64. The first kappa shape index (κ1) is 22.3. The molecule has 0 aliphatic heterocycles. The molecule has 0 fully saturated rings. The Morgan fingerprint density at radius 2 is 1.85 bits per heavy atom. The molecule has 0 saturated carbocycles. The molecule has 1 heterocycles. The van der Waals surface area contributed by atoms with Crippen molar-refractivity contribution in [3.05, 3.63) is 47.2 Å². The van der Waals surface area contributed by atoms with Gasteiger partial charge in [-0.15, -0.1) is 10.2 Å². The number of aromatic nitrogens is 2. The second kappa shape index (κ2) is 9.82. The number of amides is 2. The van der Waals surface area contributed by atoms with Gasteiger partial charge in [0, 0.05) is 19.9 Å². The van der Waals surface area contributed by atoms with Crippen LogP contribution in [0.1, 0.15) is 63.6 Å². The van der Waals surface area contributed by atoms with Crippen molar-refractivity contribution in [3.63, 3.8) is 0 Å². The fourth-order valence-electron chi connectivity index (χ4n) is 2.30. The average molecular weight is 375 g/mol. The van der Waals surface area contributed by atoms with Crippen molar-refractivity contribution in [2.24, 2.45) is 11.5 Å². The van der Waals surface area contributed by atoms with E-state index >= 15 is 0 Å². The van der Waals surface area contributed by atoms with Crippen LogP contribution in [0.2, 0.25) is 0 Å². The molecular formula is C19H29N5O3. The monoisotopic (exact) mass is 375 g/mol. The summed E-state index contributed by atoms with van der Waals surface area (Å²) in [7, 11) is 0. The van der Waals surface area contributed by atoms with Gasteiger partial charge < -0.3 is 21.2 Å². The third kappa shape index (κ3) is 5.89. The first-order chi connectivity index (χ1) is 12.7. The van der Waals surface area contributed by atoms with E-state index in [0.29, 0.717) is 13.0 Å². The Morgan fingerprint density at radius 1 is 1.22 bits per heavy atom.